The highest BCUT2D eigenvalue weighted by Crippen LogP contribution is 2.35. The second kappa shape index (κ2) is 4.77. The van der Waals surface area contributed by atoms with Gasteiger partial charge in [0.25, 0.3) is 0 Å². The Morgan fingerprint density at radius 2 is 2.05 bits per heavy atom. The molecule has 100 valence electrons. The molecular weight excluding hydrogens is 256 g/mol. The van der Waals surface area contributed by atoms with E-state index in [1.807, 2.05) is 24.3 Å². The Morgan fingerprint density at radius 3 is 2.80 bits per heavy atom. The van der Waals surface area contributed by atoms with Gasteiger partial charge in [0.05, 0.1) is 23.4 Å². The summed E-state index contributed by atoms with van der Waals surface area (Å²) in [5, 5.41) is 11.7. The van der Waals surface area contributed by atoms with Gasteiger partial charge >= 0.3 is 5.97 Å². The highest BCUT2D eigenvalue weighted by atomic mass is 16.4. The van der Waals surface area contributed by atoms with Crippen molar-refractivity contribution in [3.8, 4) is 0 Å². The quantitative estimate of drug-likeness (QED) is 0.893. The first kappa shape index (κ1) is 12.3. The van der Waals surface area contributed by atoms with Gasteiger partial charge in [-0.05, 0) is 23.6 Å². The number of hydrogen-bond donors (Lipinski definition) is 2. The van der Waals surface area contributed by atoms with Crippen LogP contribution in [-0.4, -0.2) is 22.0 Å². The van der Waals surface area contributed by atoms with Gasteiger partial charge in [-0.2, -0.15) is 0 Å². The van der Waals surface area contributed by atoms with E-state index in [4.69, 9.17) is 5.11 Å². The second-order valence-electron chi connectivity index (χ2n) is 4.67. The number of anilines is 1. The van der Waals surface area contributed by atoms with Crippen molar-refractivity contribution in [3.05, 3.63) is 59.4 Å². The van der Waals surface area contributed by atoms with Gasteiger partial charge in [-0.1, -0.05) is 24.3 Å². The molecule has 3 rings (SSSR count). The van der Waals surface area contributed by atoms with E-state index < -0.39 is 5.97 Å². The van der Waals surface area contributed by atoms with E-state index in [0.29, 0.717) is 6.42 Å². The van der Waals surface area contributed by atoms with E-state index in [2.05, 4.69) is 10.3 Å². The molecule has 2 N–H and O–H groups in total. The standard InChI is InChI=1S/C15H12N2O3/c18-14(12-7-9-3-1-2-4-10(9)12)17-13-8-16-6-5-11(13)15(19)20/h1-6,8,12H,7H2,(H,17,18)(H,19,20). The monoisotopic (exact) mass is 268 g/mol. The van der Waals surface area contributed by atoms with Gasteiger partial charge in [0.15, 0.2) is 0 Å². The Morgan fingerprint density at radius 1 is 1.25 bits per heavy atom. The van der Waals surface area contributed by atoms with Crippen molar-refractivity contribution in [2.24, 2.45) is 0 Å². The summed E-state index contributed by atoms with van der Waals surface area (Å²) in [5.41, 5.74) is 2.44. The Bertz CT molecular complexity index is 697. The molecule has 20 heavy (non-hydrogen) atoms. The summed E-state index contributed by atoms with van der Waals surface area (Å²) >= 11 is 0. The SMILES string of the molecule is O=C(O)c1ccncc1NC(=O)C1Cc2ccccc21. The Hall–Kier alpha value is -2.69. The zero-order chi connectivity index (χ0) is 14.1. The highest BCUT2D eigenvalue weighted by Gasteiger charge is 2.32. The second-order valence-corrected chi connectivity index (χ2v) is 4.67. The zero-order valence-corrected chi connectivity index (χ0v) is 10.5. The molecule has 0 radical (unpaired) electrons. The van der Waals surface area contributed by atoms with E-state index in [-0.39, 0.29) is 23.1 Å². The summed E-state index contributed by atoms with van der Waals surface area (Å²) in [6.45, 7) is 0. The Kier molecular flexibility index (Phi) is 2.95. The first-order chi connectivity index (χ1) is 9.66. The maximum Gasteiger partial charge on any atom is 0.337 e. The van der Waals surface area contributed by atoms with Crippen molar-refractivity contribution in [1.82, 2.24) is 4.98 Å². The Balaban J connectivity index is 1.80. The number of carboxylic acid groups (broad SMARTS) is 1. The first-order valence-corrected chi connectivity index (χ1v) is 6.23. The molecule has 2 aromatic rings. The third-order valence-corrected chi connectivity index (χ3v) is 3.48. The fourth-order valence-corrected chi connectivity index (χ4v) is 2.39. The molecule has 1 aromatic heterocycles. The molecule has 1 heterocycles. The van der Waals surface area contributed by atoms with Crippen LogP contribution < -0.4 is 5.32 Å². The summed E-state index contributed by atoms with van der Waals surface area (Å²) in [5.74, 6) is -1.50. The molecule has 0 saturated carbocycles. The van der Waals surface area contributed by atoms with Crippen LogP contribution in [0.15, 0.2) is 42.7 Å². The fourth-order valence-electron chi connectivity index (χ4n) is 2.39. The molecule has 0 bridgehead atoms. The van der Waals surface area contributed by atoms with Gasteiger partial charge < -0.3 is 10.4 Å². The minimum Gasteiger partial charge on any atom is -0.478 e. The molecule has 1 aromatic carbocycles. The third-order valence-electron chi connectivity index (χ3n) is 3.48. The number of benzene rings is 1. The number of aromatic carboxylic acids is 1. The number of fused-ring (bicyclic) bond motifs is 1. The molecule has 0 spiro atoms. The molecule has 1 unspecified atom stereocenters. The number of pyridine rings is 1. The van der Waals surface area contributed by atoms with Crippen LogP contribution in [0.25, 0.3) is 0 Å². The average molecular weight is 268 g/mol. The van der Waals surface area contributed by atoms with Gasteiger partial charge in [0, 0.05) is 6.20 Å². The zero-order valence-electron chi connectivity index (χ0n) is 10.5. The lowest BCUT2D eigenvalue weighted by molar-refractivity contribution is -0.118. The molecule has 0 fully saturated rings. The summed E-state index contributed by atoms with van der Waals surface area (Å²) in [6.07, 6.45) is 3.42. The summed E-state index contributed by atoms with van der Waals surface area (Å²) in [4.78, 5) is 27.1. The number of nitrogens with one attached hydrogen (secondary N) is 1. The summed E-state index contributed by atoms with van der Waals surface area (Å²) < 4.78 is 0. The molecule has 5 nitrogen and oxygen atoms in total. The lowest BCUT2D eigenvalue weighted by Gasteiger charge is -2.28. The van der Waals surface area contributed by atoms with Gasteiger partial charge in [-0.25, -0.2) is 4.79 Å². The molecule has 1 aliphatic carbocycles. The largest absolute Gasteiger partial charge is 0.478 e. The van der Waals surface area contributed by atoms with Gasteiger partial charge in [-0.3, -0.25) is 9.78 Å². The molecule has 1 amide bonds. The number of hydrogen-bond acceptors (Lipinski definition) is 3. The third kappa shape index (κ3) is 2.03. The topological polar surface area (TPSA) is 79.3 Å². The maximum atomic E-state index is 12.2. The van der Waals surface area contributed by atoms with E-state index in [1.165, 1.54) is 18.5 Å². The molecule has 0 aliphatic heterocycles. The van der Waals surface area contributed by atoms with E-state index in [1.54, 1.807) is 0 Å². The summed E-state index contributed by atoms with van der Waals surface area (Å²) in [6, 6.07) is 9.12. The number of rotatable bonds is 3. The van der Waals surface area contributed by atoms with E-state index in [0.717, 1.165) is 11.1 Å². The number of aromatic nitrogens is 1. The predicted molar refractivity (Wildman–Crippen MR) is 72.7 cm³/mol. The van der Waals surface area contributed by atoms with Crippen molar-refractivity contribution in [2.75, 3.05) is 5.32 Å². The minimum atomic E-state index is -1.09. The van der Waals surface area contributed by atoms with Crippen LogP contribution in [0.2, 0.25) is 0 Å². The van der Waals surface area contributed by atoms with Crippen LogP contribution in [0.1, 0.15) is 27.4 Å². The smallest absolute Gasteiger partial charge is 0.337 e. The fraction of sp³-hybridized carbons (Fsp3) is 0.133. The number of carboxylic acids is 1. The molecule has 1 aliphatic rings. The first-order valence-electron chi connectivity index (χ1n) is 6.23. The highest BCUT2D eigenvalue weighted by molar-refractivity contribution is 6.03. The molecular formula is C15H12N2O3. The molecule has 5 heteroatoms. The van der Waals surface area contributed by atoms with Gasteiger partial charge in [-0.15, -0.1) is 0 Å². The summed E-state index contributed by atoms with van der Waals surface area (Å²) in [7, 11) is 0. The normalized spacial score (nSPS) is 15.9. The van der Waals surface area contributed by atoms with Crippen LogP contribution in [0, 0.1) is 0 Å². The van der Waals surface area contributed by atoms with Crippen LogP contribution in [0.5, 0.6) is 0 Å². The lowest BCUT2D eigenvalue weighted by Crippen LogP contribution is -2.30. The van der Waals surface area contributed by atoms with Crippen molar-refractivity contribution in [2.45, 2.75) is 12.3 Å². The number of carbonyl (C=O) groups is 2. The van der Waals surface area contributed by atoms with Gasteiger partial charge in [0.2, 0.25) is 5.91 Å². The van der Waals surface area contributed by atoms with Crippen molar-refractivity contribution in [1.29, 1.82) is 0 Å². The van der Waals surface area contributed by atoms with Gasteiger partial charge in [0.1, 0.15) is 0 Å². The number of nitrogens with zero attached hydrogens (tertiary/aromatic N) is 1. The molecule has 0 saturated heterocycles. The number of amides is 1. The van der Waals surface area contributed by atoms with Crippen LogP contribution in [0.3, 0.4) is 0 Å². The van der Waals surface area contributed by atoms with Crippen LogP contribution in [-0.2, 0) is 11.2 Å². The average Bonchev–Trinajstić information content (AvgIpc) is 2.40. The van der Waals surface area contributed by atoms with Crippen LogP contribution >= 0.6 is 0 Å². The van der Waals surface area contributed by atoms with Crippen LogP contribution in [0.4, 0.5) is 5.69 Å². The van der Waals surface area contributed by atoms with Crippen molar-refractivity contribution < 1.29 is 14.7 Å². The van der Waals surface area contributed by atoms with E-state index >= 15 is 0 Å². The number of carbonyl (C=O) groups excluding carboxylic acids is 1. The Labute approximate surface area is 115 Å². The minimum absolute atomic E-state index is 0.0426. The van der Waals surface area contributed by atoms with E-state index in [9.17, 15) is 9.59 Å². The van der Waals surface area contributed by atoms with Crippen molar-refractivity contribution >= 4 is 17.6 Å². The van der Waals surface area contributed by atoms with Crippen molar-refractivity contribution in [3.63, 3.8) is 0 Å². The lowest BCUT2D eigenvalue weighted by atomic mass is 9.77. The predicted octanol–water partition coefficient (Wildman–Crippen LogP) is 2.06. The maximum absolute atomic E-state index is 12.2. The molecule has 1 atom stereocenters.